The van der Waals surface area contributed by atoms with E-state index in [0.29, 0.717) is 41.5 Å². The molecule has 1 N–H and O–H groups in total. The molecule has 4 heteroatoms. The van der Waals surface area contributed by atoms with Crippen molar-refractivity contribution < 1.29 is 4.79 Å². The number of fused-ring (bicyclic) bond motifs is 2. The van der Waals surface area contributed by atoms with Crippen LogP contribution in [0.1, 0.15) is 57.8 Å². The Morgan fingerprint density at radius 2 is 1.43 bits per heavy atom. The van der Waals surface area contributed by atoms with Gasteiger partial charge >= 0.3 is 0 Å². The van der Waals surface area contributed by atoms with Crippen molar-refractivity contribution in [2.45, 2.75) is 68.2 Å². The molecule has 0 heterocycles. The van der Waals surface area contributed by atoms with Crippen LogP contribution in [0.25, 0.3) is 0 Å². The van der Waals surface area contributed by atoms with Crippen molar-refractivity contribution in [3.8, 4) is 0 Å². The first kappa shape index (κ1) is 14.6. The maximum Gasteiger partial charge on any atom is 0.223 e. The largest absolute Gasteiger partial charge is 0.353 e. The summed E-state index contributed by atoms with van der Waals surface area (Å²) in [7, 11) is 0. The van der Waals surface area contributed by atoms with E-state index in [1.165, 1.54) is 32.1 Å². The van der Waals surface area contributed by atoms with E-state index >= 15 is 0 Å². The second-order valence-corrected chi connectivity index (χ2v) is 9.18. The summed E-state index contributed by atoms with van der Waals surface area (Å²) in [6.07, 6.45) is 10.8. The zero-order chi connectivity index (χ0) is 14.6. The average molecular weight is 330 g/mol. The molecule has 0 saturated heterocycles. The Hall–Kier alpha value is 0.0500. The maximum atomic E-state index is 12.5. The summed E-state index contributed by atoms with van der Waals surface area (Å²) in [5.74, 6) is 2.84. The van der Waals surface area contributed by atoms with Gasteiger partial charge in [-0.3, -0.25) is 4.79 Å². The van der Waals surface area contributed by atoms with Crippen LogP contribution in [-0.2, 0) is 4.79 Å². The van der Waals surface area contributed by atoms with Crippen molar-refractivity contribution in [3.63, 3.8) is 0 Å². The molecule has 0 aliphatic heterocycles. The fourth-order valence-electron chi connectivity index (χ4n) is 5.16. The molecule has 4 saturated carbocycles. The highest BCUT2D eigenvalue weighted by atomic mass is 35.5. The predicted molar refractivity (Wildman–Crippen MR) is 85.4 cm³/mol. The quantitative estimate of drug-likeness (QED) is 0.752. The van der Waals surface area contributed by atoms with Crippen LogP contribution in [0.15, 0.2) is 0 Å². The van der Waals surface area contributed by atoms with Gasteiger partial charge in [-0.15, -0.1) is 23.2 Å². The van der Waals surface area contributed by atoms with E-state index < -0.39 is 4.33 Å². The number of hydrogen-bond donors (Lipinski definition) is 1. The Balaban J connectivity index is 1.31. The zero-order valence-corrected chi connectivity index (χ0v) is 14.0. The molecule has 4 rings (SSSR count). The molecule has 4 aliphatic rings. The second kappa shape index (κ2) is 5.30. The third-order valence-electron chi connectivity index (χ3n) is 6.57. The van der Waals surface area contributed by atoms with E-state index in [1.54, 1.807) is 0 Å². The SMILES string of the molecule is O=C(NC1CCCCC1)C1[C@@H]2CC[C@@H]3[C@H](CC[C@@H]12)C3(Cl)Cl. The van der Waals surface area contributed by atoms with Gasteiger partial charge in [-0.1, -0.05) is 19.3 Å². The van der Waals surface area contributed by atoms with Gasteiger partial charge in [-0.05, 0) is 62.2 Å². The minimum Gasteiger partial charge on any atom is -0.353 e. The van der Waals surface area contributed by atoms with E-state index in [2.05, 4.69) is 5.32 Å². The number of nitrogens with one attached hydrogen (secondary N) is 1. The van der Waals surface area contributed by atoms with Crippen LogP contribution in [0, 0.1) is 29.6 Å². The summed E-state index contributed by atoms with van der Waals surface area (Å²) < 4.78 is -0.448. The molecule has 0 aromatic carbocycles. The van der Waals surface area contributed by atoms with Gasteiger partial charge in [-0.25, -0.2) is 0 Å². The molecule has 5 atom stereocenters. The molecule has 118 valence electrons. The summed E-state index contributed by atoms with van der Waals surface area (Å²) in [5, 5.41) is 3.33. The van der Waals surface area contributed by atoms with E-state index in [0.717, 1.165) is 25.7 Å². The van der Waals surface area contributed by atoms with Crippen molar-refractivity contribution in [2.75, 3.05) is 0 Å². The van der Waals surface area contributed by atoms with Crippen molar-refractivity contribution in [2.24, 2.45) is 29.6 Å². The monoisotopic (exact) mass is 329 g/mol. The fraction of sp³-hybridized carbons (Fsp3) is 0.941. The number of rotatable bonds is 2. The average Bonchev–Trinajstić information content (AvgIpc) is 3.24. The third kappa shape index (κ3) is 2.61. The first-order chi connectivity index (χ1) is 10.1. The van der Waals surface area contributed by atoms with Gasteiger partial charge in [0.2, 0.25) is 5.91 Å². The molecule has 0 aromatic heterocycles. The van der Waals surface area contributed by atoms with Crippen molar-refractivity contribution in [1.82, 2.24) is 5.32 Å². The molecule has 1 amide bonds. The highest BCUT2D eigenvalue weighted by Gasteiger charge is 2.65. The molecular weight excluding hydrogens is 305 g/mol. The summed E-state index contributed by atoms with van der Waals surface area (Å²) >= 11 is 12.7. The van der Waals surface area contributed by atoms with Gasteiger partial charge in [0.25, 0.3) is 0 Å². The van der Waals surface area contributed by atoms with Crippen LogP contribution in [0.3, 0.4) is 0 Å². The minimum absolute atomic E-state index is 0.296. The van der Waals surface area contributed by atoms with Crippen LogP contribution in [0.2, 0.25) is 0 Å². The van der Waals surface area contributed by atoms with Gasteiger partial charge in [0, 0.05) is 12.0 Å². The standard InChI is InChI=1S/C17H25Cl2NO/c18-17(19)13-8-6-11-12(7-9-14(13)17)15(11)16(21)20-10-4-2-1-3-5-10/h10-15H,1-9H2,(H,20,21)/t11-,12-,13-,14+,15?/m1/s1. The number of alkyl halides is 2. The zero-order valence-electron chi connectivity index (χ0n) is 12.5. The fourth-order valence-corrected chi connectivity index (χ4v) is 6.08. The minimum atomic E-state index is -0.448. The van der Waals surface area contributed by atoms with Gasteiger partial charge in [0.15, 0.2) is 0 Å². The maximum absolute atomic E-state index is 12.5. The highest BCUT2D eigenvalue weighted by Crippen LogP contribution is 2.67. The molecule has 0 radical (unpaired) electrons. The molecule has 0 spiro atoms. The van der Waals surface area contributed by atoms with Gasteiger partial charge < -0.3 is 5.32 Å². The van der Waals surface area contributed by atoms with Crippen molar-refractivity contribution in [1.29, 1.82) is 0 Å². The summed E-state index contributed by atoms with van der Waals surface area (Å²) in [4.78, 5) is 12.5. The lowest BCUT2D eigenvalue weighted by molar-refractivity contribution is -0.123. The number of halogens is 2. The normalized spacial score (nSPS) is 44.8. The highest BCUT2D eigenvalue weighted by molar-refractivity contribution is 6.51. The lowest BCUT2D eigenvalue weighted by Crippen LogP contribution is -2.37. The summed E-state index contributed by atoms with van der Waals surface area (Å²) in [6, 6.07) is 0.449. The van der Waals surface area contributed by atoms with E-state index in [4.69, 9.17) is 23.2 Å². The molecule has 4 fully saturated rings. The molecule has 21 heavy (non-hydrogen) atoms. The first-order valence-electron chi connectivity index (χ1n) is 8.77. The molecule has 0 bridgehead atoms. The predicted octanol–water partition coefficient (Wildman–Crippen LogP) is 4.29. The molecule has 1 unspecified atom stereocenters. The Morgan fingerprint density at radius 3 is 2.00 bits per heavy atom. The smallest absolute Gasteiger partial charge is 0.223 e. The Bertz CT molecular complexity index is 411. The molecule has 4 aliphatic carbocycles. The lowest BCUT2D eigenvalue weighted by atomic mass is 9.95. The van der Waals surface area contributed by atoms with E-state index in [-0.39, 0.29) is 0 Å². The van der Waals surface area contributed by atoms with Gasteiger partial charge in [0.1, 0.15) is 4.33 Å². The molecule has 0 aromatic rings. The number of hydrogen-bond acceptors (Lipinski definition) is 1. The Morgan fingerprint density at radius 1 is 0.857 bits per heavy atom. The third-order valence-corrected chi connectivity index (χ3v) is 7.69. The van der Waals surface area contributed by atoms with E-state index in [9.17, 15) is 4.79 Å². The topological polar surface area (TPSA) is 29.1 Å². The van der Waals surface area contributed by atoms with Crippen molar-refractivity contribution >= 4 is 29.1 Å². The van der Waals surface area contributed by atoms with Crippen LogP contribution in [-0.4, -0.2) is 16.3 Å². The Labute approximate surface area is 137 Å². The number of carbonyl (C=O) groups excluding carboxylic acids is 1. The molecule has 2 nitrogen and oxygen atoms in total. The van der Waals surface area contributed by atoms with Crippen molar-refractivity contribution in [3.05, 3.63) is 0 Å². The number of amides is 1. The van der Waals surface area contributed by atoms with Gasteiger partial charge in [-0.2, -0.15) is 0 Å². The second-order valence-electron chi connectivity index (χ2n) is 7.74. The first-order valence-corrected chi connectivity index (χ1v) is 9.53. The molecular formula is C17H25Cl2NO. The summed E-state index contributed by atoms with van der Waals surface area (Å²) in [5.41, 5.74) is 0. The summed E-state index contributed by atoms with van der Waals surface area (Å²) in [6.45, 7) is 0. The van der Waals surface area contributed by atoms with Crippen LogP contribution >= 0.6 is 23.2 Å². The lowest BCUT2D eigenvalue weighted by Gasteiger charge is -2.22. The Kier molecular flexibility index (Phi) is 3.69. The van der Waals surface area contributed by atoms with Crippen LogP contribution in [0.4, 0.5) is 0 Å². The van der Waals surface area contributed by atoms with Gasteiger partial charge in [0.05, 0.1) is 0 Å². The van der Waals surface area contributed by atoms with E-state index in [1.807, 2.05) is 0 Å². The number of carbonyl (C=O) groups is 1. The van der Waals surface area contributed by atoms with Crippen LogP contribution in [0.5, 0.6) is 0 Å². The van der Waals surface area contributed by atoms with Crippen LogP contribution < -0.4 is 5.32 Å².